The standard InChI is InChI=1S/C17H16F2N2O2/c1-10(11-3-5-12(22-2)6-4-11)16-20-14-8-7-13(23-17(18)19)9-15(14)21-16/h3-10,17H,1-2H3,(H,20,21). The van der Waals surface area contributed by atoms with Crippen LogP contribution in [-0.2, 0) is 0 Å². The van der Waals surface area contributed by atoms with Crippen LogP contribution in [-0.4, -0.2) is 23.7 Å². The fourth-order valence-electron chi connectivity index (χ4n) is 2.44. The maximum absolute atomic E-state index is 12.3. The normalized spacial score (nSPS) is 12.6. The maximum Gasteiger partial charge on any atom is 0.387 e. The van der Waals surface area contributed by atoms with Gasteiger partial charge in [-0.2, -0.15) is 8.78 Å². The van der Waals surface area contributed by atoms with Gasteiger partial charge in [-0.05, 0) is 29.8 Å². The number of hydrogen-bond donors (Lipinski definition) is 1. The number of nitrogens with zero attached hydrogens (tertiary/aromatic N) is 1. The molecule has 1 atom stereocenters. The highest BCUT2D eigenvalue weighted by Gasteiger charge is 2.14. The Hall–Kier alpha value is -2.63. The van der Waals surface area contributed by atoms with Crippen molar-refractivity contribution in [2.24, 2.45) is 0 Å². The molecule has 0 spiro atoms. The van der Waals surface area contributed by atoms with Gasteiger partial charge in [0.15, 0.2) is 0 Å². The zero-order chi connectivity index (χ0) is 16.4. The Morgan fingerprint density at radius 1 is 1.04 bits per heavy atom. The van der Waals surface area contributed by atoms with E-state index in [1.807, 2.05) is 31.2 Å². The Balaban J connectivity index is 1.89. The third kappa shape index (κ3) is 3.26. The first-order valence-electron chi connectivity index (χ1n) is 7.15. The van der Waals surface area contributed by atoms with Crippen LogP contribution in [0.15, 0.2) is 42.5 Å². The minimum atomic E-state index is -2.84. The van der Waals surface area contributed by atoms with Crippen LogP contribution in [0.3, 0.4) is 0 Å². The second-order valence-electron chi connectivity index (χ2n) is 5.17. The van der Waals surface area contributed by atoms with Gasteiger partial charge in [-0.3, -0.25) is 0 Å². The predicted molar refractivity (Wildman–Crippen MR) is 83.2 cm³/mol. The zero-order valence-electron chi connectivity index (χ0n) is 12.7. The molecule has 0 amide bonds. The summed E-state index contributed by atoms with van der Waals surface area (Å²) in [6.45, 7) is -0.820. The molecule has 1 unspecified atom stereocenters. The number of halogens is 2. The Labute approximate surface area is 132 Å². The van der Waals surface area contributed by atoms with E-state index in [-0.39, 0.29) is 11.7 Å². The zero-order valence-corrected chi connectivity index (χ0v) is 12.7. The van der Waals surface area contributed by atoms with Gasteiger partial charge in [0.25, 0.3) is 0 Å². The average Bonchev–Trinajstić information content (AvgIpc) is 2.97. The molecule has 120 valence electrons. The fourth-order valence-corrected chi connectivity index (χ4v) is 2.44. The lowest BCUT2D eigenvalue weighted by Crippen LogP contribution is -2.01. The summed E-state index contributed by atoms with van der Waals surface area (Å²) in [5.41, 5.74) is 2.45. The van der Waals surface area contributed by atoms with Crippen LogP contribution in [0.5, 0.6) is 11.5 Å². The molecule has 0 aliphatic rings. The molecular formula is C17H16F2N2O2. The Morgan fingerprint density at radius 2 is 1.74 bits per heavy atom. The highest BCUT2D eigenvalue weighted by Crippen LogP contribution is 2.27. The van der Waals surface area contributed by atoms with E-state index in [2.05, 4.69) is 14.7 Å². The number of hydrogen-bond acceptors (Lipinski definition) is 3. The summed E-state index contributed by atoms with van der Waals surface area (Å²) in [6, 6.07) is 12.4. The molecule has 2 aromatic carbocycles. The smallest absolute Gasteiger partial charge is 0.387 e. The summed E-state index contributed by atoms with van der Waals surface area (Å²) in [5.74, 6) is 1.69. The van der Waals surface area contributed by atoms with Crippen LogP contribution in [0.1, 0.15) is 24.2 Å². The van der Waals surface area contributed by atoms with E-state index < -0.39 is 6.61 Å². The predicted octanol–water partition coefficient (Wildman–Crippen LogP) is 4.32. The third-order valence-corrected chi connectivity index (χ3v) is 3.72. The summed E-state index contributed by atoms with van der Waals surface area (Å²) in [6.07, 6.45) is 0. The van der Waals surface area contributed by atoms with Crippen molar-refractivity contribution < 1.29 is 18.3 Å². The number of benzene rings is 2. The monoisotopic (exact) mass is 318 g/mol. The molecule has 0 fully saturated rings. The van der Waals surface area contributed by atoms with E-state index in [4.69, 9.17) is 4.74 Å². The van der Waals surface area contributed by atoms with Gasteiger partial charge < -0.3 is 14.5 Å². The molecule has 1 aromatic heterocycles. The number of methoxy groups -OCH3 is 1. The lowest BCUT2D eigenvalue weighted by Gasteiger charge is -2.09. The molecule has 0 saturated carbocycles. The Morgan fingerprint density at radius 3 is 2.39 bits per heavy atom. The van der Waals surface area contributed by atoms with Crippen LogP contribution in [0, 0.1) is 0 Å². The number of aromatic amines is 1. The maximum atomic E-state index is 12.3. The second kappa shape index (κ2) is 6.24. The van der Waals surface area contributed by atoms with E-state index >= 15 is 0 Å². The lowest BCUT2D eigenvalue weighted by molar-refractivity contribution is -0.0497. The second-order valence-corrected chi connectivity index (χ2v) is 5.17. The summed E-state index contributed by atoms with van der Waals surface area (Å²) >= 11 is 0. The molecule has 1 heterocycles. The molecule has 6 heteroatoms. The molecule has 0 radical (unpaired) electrons. The highest BCUT2D eigenvalue weighted by molar-refractivity contribution is 5.77. The van der Waals surface area contributed by atoms with Crippen molar-refractivity contribution in [3.63, 3.8) is 0 Å². The molecule has 3 aromatic rings. The van der Waals surface area contributed by atoms with Gasteiger partial charge in [0.2, 0.25) is 0 Å². The summed E-state index contributed by atoms with van der Waals surface area (Å²) < 4.78 is 34.1. The first-order chi connectivity index (χ1) is 11.1. The molecule has 0 bridgehead atoms. The van der Waals surface area contributed by atoms with Crippen molar-refractivity contribution in [2.75, 3.05) is 7.11 Å². The van der Waals surface area contributed by atoms with Crippen LogP contribution < -0.4 is 9.47 Å². The number of rotatable bonds is 5. The average molecular weight is 318 g/mol. The molecular weight excluding hydrogens is 302 g/mol. The number of aromatic nitrogens is 2. The number of H-pyrrole nitrogens is 1. The number of fused-ring (bicyclic) bond motifs is 1. The lowest BCUT2D eigenvalue weighted by atomic mass is 10.0. The van der Waals surface area contributed by atoms with E-state index in [1.54, 1.807) is 13.2 Å². The number of alkyl halides is 2. The Bertz CT molecular complexity index is 800. The van der Waals surface area contributed by atoms with E-state index in [0.29, 0.717) is 5.52 Å². The molecule has 4 nitrogen and oxygen atoms in total. The van der Waals surface area contributed by atoms with Gasteiger partial charge >= 0.3 is 6.61 Å². The van der Waals surface area contributed by atoms with Gasteiger partial charge in [0.1, 0.15) is 17.3 Å². The SMILES string of the molecule is COc1ccc(C(C)c2nc3cc(OC(F)F)ccc3[nH]2)cc1. The Kier molecular flexibility index (Phi) is 4.14. The van der Waals surface area contributed by atoms with Crippen molar-refractivity contribution in [1.82, 2.24) is 9.97 Å². The van der Waals surface area contributed by atoms with E-state index in [0.717, 1.165) is 22.7 Å². The van der Waals surface area contributed by atoms with Crippen molar-refractivity contribution in [1.29, 1.82) is 0 Å². The third-order valence-electron chi connectivity index (χ3n) is 3.72. The number of nitrogens with one attached hydrogen (secondary N) is 1. The van der Waals surface area contributed by atoms with Gasteiger partial charge in [0.05, 0.1) is 18.1 Å². The van der Waals surface area contributed by atoms with Crippen molar-refractivity contribution >= 4 is 11.0 Å². The van der Waals surface area contributed by atoms with Crippen LogP contribution in [0.2, 0.25) is 0 Å². The topological polar surface area (TPSA) is 47.1 Å². The molecule has 1 N–H and O–H groups in total. The first-order valence-corrected chi connectivity index (χ1v) is 7.15. The van der Waals surface area contributed by atoms with Crippen molar-refractivity contribution in [2.45, 2.75) is 19.5 Å². The molecule has 23 heavy (non-hydrogen) atoms. The molecule has 0 saturated heterocycles. The number of imidazole rings is 1. The molecule has 0 aliphatic heterocycles. The quantitative estimate of drug-likeness (QED) is 0.762. The summed E-state index contributed by atoms with van der Waals surface area (Å²) in [5, 5.41) is 0. The molecule has 0 aliphatic carbocycles. The minimum Gasteiger partial charge on any atom is -0.497 e. The summed E-state index contributed by atoms with van der Waals surface area (Å²) in [4.78, 5) is 7.71. The van der Waals surface area contributed by atoms with Gasteiger partial charge in [0, 0.05) is 12.0 Å². The van der Waals surface area contributed by atoms with Gasteiger partial charge in [-0.1, -0.05) is 19.1 Å². The fraction of sp³-hybridized carbons (Fsp3) is 0.235. The van der Waals surface area contributed by atoms with E-state index in [9.17, 15) is 8.78 Å². The van der Waals surface area contributed by atoms with Crippen LogP contribution in [0.25, 0.3) is 11.0 Å². The highest BCUT2D eigenvalue weighted by atomic mass is 19.3. The van der Waals surface area contributed by atoms with Crippen LogP contribution in [0.4, 0.5) is 8.78 Å². The van der Waals surface area contributed by atoms with E-state index in [1.165, 1.54) is 12.1 Å². The summed E-state index contributed by atoms with van der Waals surface area (Å²) in [7, 11) is 1.62. The largest absolute Gasteiger partial charge is 0.497 e. The minimum absolute atomic E-state index is 0.0350. The van der Waals surface area contributed by atoms with Gasteiger partial charge in [-0.25, -0.2) is 4.98 Å². The van der Waals surface area contributed by atoms with Crippen molar-refractivity contribution in [3.8, 4) is 11.5 Å². The van der Waals surface area contributed by atoms with Gasteiger partial charge in [-0.15, -0.1) is 0 Å². The first kappa shape index (κ1) is 15.3. The van der Waals surface area contributed by atoms with Crippen molar-refractivity contribution in [3.05, 3.63) is 53.9 Å². The molecule has 3 rings (SSSR count). The number of ether oxygens (including phenoxy) is 2. The van der Waals surface area contributed by atoms with Crippen LogP contribution >= 0.6 is 0 Å².